The van der Waals surface area contributed by atoms with Crippen molar-refractivity contribution in [2.45, 2.75) is 44.3 Å². The molecule has 1 saturated carbocycles. The number of aromatic nitrogens is 1. The Labute approximate surface area is 153 Å². The van der Waals surface area contributed by atoms with Gasteiger partial charge in [0.1, 0.15) is 0 Å². The van der Waals surface area contributed by atoms with E-state index in [2.05, 4.69) is 9.62 Å². The predicted molar refractivity (Wildman–Crippen MR) is 103 cm³/mol. The molecule has 1 aliphatic heterocycles. The van der Waals surface area contributed by atoms with Crippen molar-refractivity contribution in [2.75, 3.05) is 18.8 Å². The zero-order valence-electron chi connectivity index (χ0n) is 14.8. The summed E-state index contributed by atoms with van der Waals surface area (Å²) in [4.78, 5) is 15.0. The van der Waals surface area contributed by atoms with E-state index in [9.17, 15) is 13.2 Å². The van der Waals surface area contributed by atoms with Crippen LogP contribution < -0.4 is 10.3 Å². The smallest absolute Gasteiger partial charge is 0.258 e. The van der Waals surface area contributed by atoms with Crippen molar-refractivity contribution >= 4 is 20.8 Å². The number of likely N-dealkylation sites (tertiary alicyclic amines) is 1. The Morgan fingerprint density at radius 3 is 2.50 bits per heavy atom. The molecular formula is C19H25N3O3S. The van der Waals surface area contributed by atoms with Crippen molar-refractivity contribution in [3.63, 3.8) is 0 Å². The van der Waals surface area contributed by atoms with Crippen molar-refractivity contribution in [3.8, 4) is 0 Å². The van der Waals surface area contributed by atoms with Gasteiger partial charge in [-0.05, 0) is 56.3 Å². The summed E-state index contributed by atoms with van der Waals surface area (Å²) in [5, 5.41) is 1.49. The molecule has 140 valence electrons. The van der Waals surface area contributed by atoms with Gasteiger partial charge < -0.3 is 9.47 Å². The normalized spacial score (nSPS) is 19.8. The highest BCUT2D eigenvalue weighted by molar-refractivity contribution is 7.89. The Hall–Kier alpha value is -1.70. The fraction of sp³-hybridized carbons (Fsp3) is 0.526. The van der Waals surface area contributed by atoms with Gasteiger partial charge in [0.2, 0.25) is 10.0 Å². The van der Waals surface area contributed by atoms with Crippen LogP contribution in [0.5, 0.6) is 0 Å². The van der Waals surface area contributed by atoms with E-state index >= 15 is 0 Å². The maximum atomic E-state index is 12.5. The highest BCUT2D eigenvalue weighted by atomic mass is 32.2. The molecular weight excluding hydrogens is 350 g/mol. The number of fused-ring (bicyclic) bond motifs is 1. The molecule has 1 aromatic heterocycles. The third kappa shape index (κ3) is 4.00. The van der Waals surface area contributed by atoms with E-state index in [0.29, 0.717) is 5.39 Å². The van der Waals surface area contributed by atoms with Crippen LogP contribution in [0.15, 0.2) is 41.3 Å². The molecule has 2 aromatic rings. The monoisotopic (exact) mass is 375 g/mol. The van der Waals surface area contributed by atoms with Crippen LogP contribution in [0.3, 0.4) is 0 Å². The van der Waals surface area contributed by atoms with Crippen LogP contribution in [-0.2, 0) is 16.6 Å². The Morgan fingerprint density at radius 2 is 1.77 bits per heavy atom. The lowest BCUT2D eigenvalue weighted by Crippen LogP contribution is -2.46. The zero-order chi connectivity index (χ0) is 18.1. The first-order valence-corrected chi connectivity index (χ1v) is 11.0. The van der Waals surface area contributed by atoms with E-state index in [0.717, 1.165) is 37.4 Å². The van der Waals surface area contributed by atoms with Crippen LogP contribution >= 0.6 is 0 Å². The fourth-order valence-corrected chi connectivity index (χ4v) is 5.06. The van der Waals surface area contributed by atoms with E-state index in [1.54, 1.807) is 12.3 Å². The lowest BCUT2D eigenvalue weighted by atomic mass is 10.1. The average molecular weight is 375 g/mol. The zero-order valence-corrected chi connectivity index (χ0v) is 15.6. The van der Waals surface area contributed by atoms with Gasteiger partial charge in [-0.2, -0.15) is 0 Å². The molecule has 1 aliphatic carbocycles. The summed E-state index contributed by atoms with van der Waals surface area (Å²) in [5.74, 6) is -0.0753. The summed E-state index contributed by atoms with van der Waals surface area (Å²) in [7, 11) is -3.40. The molecule has 6 nitrogen and oxygen atoms in total. The molecule has 1 N–H and O–H groups in total. The molecule has 26 heavy (non-hydrogen) atoms. The van der Waals surface area contributed by atoms with Crippen LogP contribution in [-0.4, -0.2) is 48.8 Å². The van der Waals surface area contributed by atoms with Gasteiger partial charge in [-0.25, -0.2) is 13.1 Å². The predicted octanol–water partition coefficient (Wildman–Crippen LogP) is 1.55. The first kappa shape index (κ1) is 17.7. The number of piperidine rings is 1. The van der Waals surface area contributed by atoms with Crippen molar-refractivity contribution in [1.82, 2.24) is 14.2 Å². The van der Waals surface area contributed by atoms with E-state index < -0.39 is 10.0 Å². The molecule has 2 aliphatic rings. The highest BCUT2D eigenvalue weighted by Gasteiger charge is 2.32. The fourth-order valence-electron chi connectivity index (χ4n) is 3.76. The van der Waals surface area contributed by atoms with Gasteiger partial charge in [0.05, 0.1) is 5.75 Å². The number of pyridine rings is 1. The summed E-state index contributed by atoms with van der Waals surface area (Å²) in [6.45, 7) is 2.11. The summed E-state index contributed by atoms with van der Waals surface area (Å²) >= 11 is 0. The number of nitrogens with zero attached hydrogens (tertiary/aromatic N) is 2. The molecule has 0 amide bonds. The number of hydrogen-bond acceptors (Lipinski definition) is 4. The first-order chi connectivity index (χ1) is 12.5. The minimum absolute atomic E-state index is 0.0170. The Morgan fingerprint density at radius 1 is 1.04 bits per heavy atom. The molecule has 0 spiro atoms. The SMILES string of the molecule is O=c1c2ccccc2ccn1CCS(=O)(=O)NC1CCN(C2CC2)CC1. The largest absolute Gasteiger partial charge is 0.314 e. The number of benzene rings is 1. The minimum Gasteiger partial charge on any atom is -0.314 e. The molecule has 0 unspecified atom stereocenters. The van der Waals surface area contributed by atoms with Gasteiger partial charge in [0.25, 0.3) is 5.56 Å². The molecule has 4 rings (SSSR count). The van der Waals surface area contributed by atoms with E-state index in [4.69, 9.17) is 0 Å². The number of aryl methyl sites for hydroxylation is 1. The van der Waals surface area contributed by atoms with Crippen molar-refractivity contribution in [3.05, 3.63) is 46.9 Å². The molecule has 0 radical (unpaired) electrons. The van der Waals surface area contributed by atoms with Gasteiger partial charge in [-0.1, -0.05) is 18.2 Å². The van der Waals surface area contributed by atoms with Crippen molar-refractivity contribution in [2.24, 2.45) is 0 Å². The number of hydrogen-bond donors (Lipinski definition) is 1. The summed E-state index contributed by atoms with van der Waals surface area (Å²) in [6, 6.07) is 9.97. The molecule has 1 saturated heterocycles. The number of rotatable bonds is 6. The van der Waals surface area contributed by atoms with Crippen LogP contribution in [0.2, 0.25) is 0 Å². The summed E-state index contributed by atoms with van der Waals surface area (Å²) < 4.78 is 29.2. The molecule has 1 aromatic carbocycles. The second kappa shape index (κ2) is 7.13. The van der Waals surface area contributed by atoms with Gasteiger partial charge in [0, 0.05) is 30.2 Å². The van der Waals surface area contributed by atoms with Crippen LogP contribution in [0.1, 0.15) is 25.7 Å². The standard InChI is InChI=1S/C19H25N3O3S/c23-19-18-4-2-1-3-15(18)7-10-22(19)13-14-26(24,25)20-16-8-11-21(12-9-16)17-5-6-17/h1-4,7,10,16-17,20H,5-6,8-9,11-14H2. The lowest BCUT2D eigenvalue weighted by Gasteiger charge is -2.32. The van der Waals surface area contributed by atoms with Gasteiger partial charge in [-0.15, -0.1) is 0 Å². The number of sulfonamides is 1. The van der Waals surface area contributed by atoms with Crippen molar-refractivity contribution in [1.29, 1.82) is 0 Å². The summed E-state index contributed by atoms with van der Waals surface area (Å²) in [5.41, 5.74) is -0.143. The number of nitrogens with one attached hydrogen (secondary N) is 1. The van der Waals surface area contributed by atoms with E-state index in [1.165, 1.54) is 17.4 Å². The van der Waals surface area contributed by atoms with Gasteiger partial charge in [-0.3, -0.25) is 4.79 Å². The highest BCUT2D eigenvalue weighted by Crippen LogP contribution is 2.29. The molecule has 2 heterocycles. The van der Waals surface area contributed by atoms with Gasteiger partial charge in [0.15, 0.2) is 0 Å². The van der Waals surface area contributed by atoms with Crippen LogP contribution in [0.4, 0.5) is 0 Å². The Kier molecular flexibility index (Phi) is 4.86. The van der Waals surface area contributed by atoms with Crippen LogP contribution in [0, 0.1) is 0 Å². The Balaban J connectivity index is 1.36. The topological polar surface area (TPSA) is 71.4 Å². The quantitative estimate of drug-likeness (QED) is 0.832. The average Bonchev–Trinajstić information content (AvgIpc) is 3.47. The summed E-state index contributed by atoms with van der Waals surface area (Å²) in [6.07, 6.45) is 5.99. The third-order valence-electron chi connectivity index (χ3n) is 5.43. The molecule has 7 heteroatoms. The lowest BCUT2D eigenvalue weighted by molar-refractivity contribution is 0.199. The van der Waals surface area contributed by atoms with Gasteiger partial charge >= 0.3 is 0 Å². The Bertz CT molecular complexity index is 942. The maximum Gasteiger partial charge on any atom is 0.258 e. The molecule has 2 fully saturated rings. The van der Waals surface area contributed by atoms with E-state index in [1.807, 2.05) is 24.3 Å². The first-order valence-electron chi connectivity index (χ1n) is 9.34. The second-order valence-electron chi connectivity index (χ2n) is 7.38. The maximum absolute atomic E-state index is 12.5. The van der Waals surface area contributed by atoms with E-state index in [-0.39, 0.29) is 23.9 Å². The van der Waals surface area contributed by atoms with Crippen molar-refractivity contribution < 1.29 is 8.42 Å². The van der Waals surface area contributed by atoms with Crippen LogP contribution in [0.25, 0.3) is 10.8 Å². The second-order valence-corrected chi connectivity index (χ2v) is 9.25. The molecule has 0 bridgehead atoms. The minimum atomic E-state index is -3.40. The molecule has 0 atom stereocenters. The third-order valence-corrected chi connectivity index (χ3v) is 6.84.